The van der Waals surface area contributed by atoms with Crippen LogP contribution in [0.1, 0.15) is 44.6 Å². The van der Waals surface area contributed by atoms with Gasteiger partial charge in [0, 0.05) is 24.6 Å². The molecule has 9 nitrogen and oxygen atoms in total. The number of oxazole rings is 1. The highest BCUT2D eigenvalue weighted by molar-refractivity contribution is 5.89. The van der Waals surface area contributed by atoms with Gasteiger partial charge < -0.3 is 24.5 Å². The topological polar surface area (TPSA) is 122 Å². The van der Waals surface area contributed by atoms with Gasteiger partial charge in [0.25, 0.3) is 0 Å². The largest absolute Gasteiger partial charge is 0.481 e. The molecule has 1 aliphatic carbocycles. The lowest BCUT2D eigenvalue weighted by Gasteiger charge is -2.29. The number of ether oxygens (including phenoxy) is 1. The van der Waals surface area contributed by atoms with Gasteiger partial charge in [0.05, 0.1) is 37.6 Å². The summed E-state index contributed by atoms with van der Waals surface area (Å²) >= 11 is 0. The Kier molecular flexibility index (Phi) is 7.92. The molecule has 2 N–H and O–H groups in total. The predicted octanol–water partition coefficient (Wildman–Crippen LogP) is 4.59. The summed E-state index contributed by atoms with van der Waals surface area (Å²) in [4.78, 5) is 41.8. The van der Waals surface area contributed by atoms with Crippen LogP contribution < -0.4 is 5.32 Å². The molecule has 2 fully saturated rings. The van der Waals surface area contributed by atoms with Crippen molar-refractivity contribution in [2.45, 2.75) is 63.8 Å². The summed E-state index contributed by atoms with van der Waals surface area (Å²) in [6.07, 6.45) is 1.64. The fraction of sp³-hybridized carbons (Fsp3) is 0.448. The normalized spacial score (nSPS) is 23.2. The lowest BCUT2D eigenvalue weighted by atomic mass is 9.87. The molecule has 2 aromatic carbocycles. The summed E-state index contributed by atoms with van der Waals surface area (Å²) < 4.78 is 26.3. The molecule has 0 radical (unpaired) electrons. The zero-order valence-corrected chi connectivity index (χ0v) is 21.8. The maximum absolute atomic E-state index is 14.3. The molecule has 2 atom stereocenters. The third-order valence-corrected chi connectivity index (χ3v) is 7.47. The Morgan fingerprint density at radius 2 is 1.95 bits per heavy atom. The molecule has 206 valence electrons. The third kappa shape index (κ3) is 6.44. The number of hydrogen-bond acceptors (Lipinski definition) is 6. The molecule has 0 spiro atoms. The maximum Gasteiger partial charge on any atom is 0.306 e. The second kappa shape index (κ2) is 11.5. The number of rotatable bonds is 8. The number of nitrogens with zero attached hydrogens (tertiary/aromatic N) is 2. The minimum absolute atomic E-state index is 0.0396. The van der Waals surface area contributed by atoms with Crippen molar-refractivity contribution in [3.8, 4) is 11.5 Å². The van der Waals surface area contributed by atoms with Crippen LogP contribution in [0.25, 0.3) is 22.6 Å². The zero-order chi connectivity index (χ0) is 27.5. The van der Waals surface area contributed by atoms with Crippen LogP contribution in [0, 0.1) is 5.92 Å². The molecule has 5 rings (SSSR count). The fourth-order valence-electron chi connectivity index (χ4n) is 5.46. The first-order valence-corrected chi connectivity index (χ1v) is 13.3. The number of alkyl halides is 1. The number of carboxylic acids is 1. The average Bonchev–Trinajstić information content (AvgIpc) is 3.50. The minimum atomic E-state index is -1.10. The number of benzene rings is 2. The quantitative estimate of drug-likeness (QED) is 0.431. The maximum atomic E-state index is 14.3. The van der Waals surface area contributed by atoms with Gasteiger partial charge in [0.2, 0.25) is 17.7 Å². The first-order chi connectivity index (χ1) is 18.7. The summed E-state index contributed by atoms with van der Waals surface area (Å²) in [6.45, 7) is 1.73. The molecule has 2 aliphatic rings. The van der Waals surface area contributed by atoms with E-state index in [0.29, 0.717) is 53.9 Å². The van der Waals surface area contributed by atoms with E-state index >= 15 is 0 Å². The molecule has 0 bridgehead atoms. The van der Waals surface area contributed by atoms with Crippen LogP contribution in [-0.2, 0) is 25.5 Å². The number of carbonyl (C=O) groups is 3. The highest BCUT2D eigenvalue weighted by Gasteiger charge is 2.36. The van der Waals surface area contributed by atoms with Crippen LogP contribution >= 0.6 is 0 Å². The van der Waals surface area contributed by atoms with Crippen LogP contribution in [0.4, 0.5) is 10.1 Å². The summed E-state index contributed by atoms with van der Waals surface area (Å²) in [5.41, 5.74) is 3.25. The number of anilines is 1. The van der Waals surface area contributed by atoms with E-state index in [1.165, 1.54) is 6.92 Å². The highest BCUT2D eigenvalue weighted by Crippen LogP contribution is 2.30. The molecule has 2 amide bonds. The van der Waals surface area contributed by atoms with E-state index in [9.17, 15) is 23.9 Å². The SMILES string of the molecule is CC(=O)Nc1cccc(-c2nc3ccc(CC(=O)N4C[C@@H](F)C[C@H]4COC4CCC(C(=O)O)CC4)cc3o2)c1. The number of likely N-dealkylation sites (tertiary alicyclic amines) is 1. The highest BCUT2D eigenvalue weighted by atomic mass is 19.1. The molecule has 3 aromatic rings. The van der Waals surface area contributed by atoms with Crippen LogP contribution in [0.3, 0.4) is 0 Å². The lowest BCUT2D eigenvalue weighted by Crippen LogP contribution is -2.40. The molecule has 2 heterocycles. The molecule has 1 aliphatic heterocycles. The van der Waals surface area contributed by atoms with Gasteiger partial charge in [-0.1, -0.05) is 12.1 Å². The second-order valence-electron chi connectivity index (χ2n) is 10.4. The monoisotopic (exact) mass is 537 g/mol. The van der Waals surface area contributed by atoms with Crippen LogP contribution in [-0.4, -0.2) is 64.2 Å². The lowest BCUT2D eigenvalue weighted by molar-refractivity contribution is -0.144. The van der Waals surface area contributed by atoms with Gasteiger partial charge in [-0.3, -0.25) is 14.4 Å². The number of aromatic nitrogens is 1. The molecule has 1 aromatic heterocycles. The van der Waals surface area contributed by atoms with Gasteiger partial charge >= 0.3 is 5.97 Å². The average molecular weight is 538 g/mol. The number of carbonyl (C=O) groups excluding carboxylic acids is 2. The summed E-state index contributed by atoms with van der Waals surface area (Å²) in [5, 5.41) is 11.9. The van der Waals surface area contributed by atoms with Gasteiger partial charge in [-0.25, -0.2) is 9.37 Å². The van der Waals surface area contributed by atoms with E-state index in [0.717, 1.165) is 5.56 Å². The minimum Gasteiger partial charge on any atom is -0.481 e. The molecular weight excluding hydrogens is 505 g/mol. The number of carboxylic acid groups (broad SMARTS) is 1. The van der Waals surface area contributed by atoms with Crippen molar-refractivity contribution < 1.29 is 33.0 Å². The van der Waals surface area contributed by atoms with Crippen LogP contribution in [0.5, 0.6) is 0 Å². The number of nitrogens with one attached hydrogen (secondary N) is 1. The first-order valence-electron chi connectivity index (χ1n) is 13.3. The van der Waals surface area contributed by atoms with Crippen molar-refractivity contribution in [2.75, 3.05) is 18.5 Å². The molecular formula is C29H32FN3O6. The van der Waals surface area contributed by atoms with Crippen molar-refractivity contribution in [3.63, 3.8) is 0 Å². The van der Waals surface area contributed by atoms with Gasteiger partial charge in [0.1, 0.15) is 11.7 Å². The van der Waals surface area contributed by atoms with Crippen molar-refractivity contribution in [3.05, 3.63) is 48.0 Å². The second-order valence-corrected chi connectivity index (χ2v) is 10.4. The van der Waals surface area contributed by atoms with Gasteiger partial charge in [0.15, 0.2) is 5.58 Å². The Labute approximate surface area is 225 Å². The van der Waals surface area contributed by atoms with E-state index in [2.05, 4.69) is 10.3 Å². The summed E-state index contributed by atoms with van der Waals surface area (Å²) in [5.74, 6) is -1.04. The summed E-state index contributed by atoms with van der Waals surface area (Å²) in [6, 6.07) is 12.2. The van der Waals surface area contributed by atoms with E-state index in [1.54, 1.807) is 35.2 Å². The van der Waals surface area contributed by atoms with Gasteiger partial charge in [-0.05, 0) is 61.6 Å². The zero-order valence-electron chi connectivity index (χ0n) is 21.8. The molecule has 1 saturated heterocycles. The number of fused-ring (bicyclic) bond motifs is 1. The van der Waals surface area contributed by atoms with Crippen molar-refractivity contribution in [2.24, 2.45) is 5.92 Å². The number of halogens is 1. The molecule has 39 heavy (non-hydrogen) atoms. The Bertz CT molecular complexity index is 1370. The van der Waals surface area contributed by atoms with Gasteiger partial charge in [-0.2, -0.15) is 0 Å². The number of hydrogen-bond donors (Lipinski definition) is 2. The van der Waals surface area contributed by atoms with Crippen molar-refractivity contribution in [1.82, 2.24) is 9.88 Å². The Morgan fingerprint density at radius 1 is 1.15 bits per heavy atom. The molecule has 10 heteroatoms. The van der Waals surface area contributed by atoms with Crippen molar-refractivity contribution >= 4 is 34.6 Å². The summed E-state index contributed by atoms with van der Waals surface area (Å²) in [7, 11) is 0. The number of amides is 2. The third-order valence-electron chi connectivity index (χ3n) is 7.47. The van der Waals surface area contributed by atoms with Crippen LogP contribution in [0.15, 0.2) is 46.9 Å². The molecule has 0 unspecified atom stereocenters. The Balaban J connectivity index is 1.22. The van der Waals surface area contributed by atoms with E-state index in [-0.39, 0.29) is 55.9 Å². The smallest absolute Gasteiger partial charge is 0.306 e. The van der Waals surface area contributed by atoms with E-state index in [1.807, 2.05) is 12.1 Å². The molecule has 1 saturated carbocycles. The van der Waals surface area contributed by atoms with Gasteiger partial charge in [-0.15, -0.1) is 0 Å². The van der Waals surface area contributed by atoms with Crippen molar-refractivity contribution in [1.29, 1.82) is 0 Å². The fourth-order valence-corrected chi connectivity index (χ4v) is 5.46. The Hall–Kier alpha value is -3.79. The first kappa shape index (κ1) is 26.8. The van der Waals surface area contributed by atoms with Crippen LogP contribution in [0.2, 0.25) is 0 Å². The van der Waals surface area contributed by atoms with E-state index < -0.39 is 12.1 Å². The predicted molar refractivity (Wildman–Crippen MR) is 142 cm³/mol. The van der Waals surface area contributed by atoms with E-state index in [4.69, 9.17) is 9.15 Å². The number of aliphatic carboxylic acids is 1. The standard InChI is InChI=1S/C29H32FN3O6/c1-17(34)31-22-4-2-3-20(13-22)28-32-25-10-5-18(11-26(25)39-28)12-27(35)33-15-21(30)14-23(33)16-38-24-8-6-19(7-9-24)29(36)37/h2-5,10-11,13,19,21,23-24H,6-9,12,14-16H2,1H3,(H,31,34)(H,36,37)/t19?,21-,23-,24?/m0/s1. The Morgan fingerprint density at radius 3 is 2.69 bits per heavy atom.